The molecule has 0 radical (unpaired) electrons. The van der Waals surface area contributed by atoms with E-state index < -0.39 is 0 Å². The van der Waals surface area contributed by atoms with E-state index in [1.165, 1.54) is 0 Å². The number of H-pyrrole nitrogens is 1. The monoisotopic (exact) mass is 408 g/mol. The average Bonchev–Trinajstić information content (AvgIpc) is 3.26. The van der Waals surface area contributed by atoms with Crippen LogP contribution in [0.3, 0.4) is 0 Å². The number of anilines is 1. The second-order valence-corrected chi connectivity index (χ2v) is 7.77. The summed E-state index contributed by atoms with van der Waals surface area (Å²) in [4.78, 5) is 17.3. The molecule has 1 aromatic heterocycles. The van der Waals surface area contributed by atoms with Crippen molar-refractivity contribution in [2.24, 2.45) is 0 Å². The molecule has 150 valence electrons. The number of aromatic nitrogens is 2. The number of amides is 1. The summed E-state index contributed by atoms with van der Waals surface area (Å²) >= 11 is 5.97. The molecule has 29 heavy (non-hydrogen) atoms. The van der Waals surface area contributed by atoms with Crippen molar-refractivity contribution in [1.82, 2.24) is 15.1 Å². The first-order valence-corrected chi connectivity index (χ1v) is 10.4. The van der Waals surface area contributed by atoms with Gasteiger partial charge in [-0.3, -0.25) is 9.89 Å². The average molecular weight is 409 g/mol. The van der Waals surface area contributed by atoms with Gasteiger partial charge in [0.2, 0.25) is 5.91 Å². The van der Waals surface area contributed by atoms with Crippen molar-refractivity contribution in [3.63, 3.8) is 0 Å². The standard InChI is InChI=1S/C23H25ClN4O/c1-2-20(17-6-4-3-5-7-17)23(29)28-14-12-27(13-15-28)22-16-21(25-26-22)18-8-10-19(24)11-9-18/h3-11,16,20H,2,12-15H2,1H3,(H,25,26)/t20-/m1/s1. The zero-order valence-corrected chi connectivity index (χ0v) is 17.3. The highest BCUT2D eigenvalue weighted by Gasteiger charge is 2.28. The van der Waals surface area contributed by atoms with Gasteiger partial charge in [0.15, 0.2) is 5.82 Å². The number of hydrogen-bond donors (Lipinski definition) is 1. The molecule has 1 atom stereocenters. The minimum atomic E-state index is -0.0651. The summed E-state index contributed by atoms with van der Waals surface area (Å²) in [6.45, 7) is 5.06. The lowest BCUT2D eigenvalue weighted by Crippen LogP contribution is -2.50. The summed E-state index contributed by atoms with van der Waals surface area (Å²) in [6.07, 6.45) is 0.812. The van der Waals surface area contributed by atoms with Crippen LogP contribution < -0.4 is 4.90 Å². The SMILES string of the molecule is CC[C@@H](C(=O)N1CCN(c2cc(-c3ccc(Cl)cc3)[nH]n2)CC1)c1ccccc1. The van der Waals surface area contributed by atoms with Gasteiger partial charge >= 0.3 is 0 Å². The lowest BCUT2D eigenvalue weighted by atomic mass is 9.95. The lowest BCUT2D eigenvalue weighted by Gasteiger charge is -2.36. The third-order valence-electron chi connectivity index (χ3n) is 5.54. The molecule has 0 bridgehead atoms. The van der Waals surface area contributed by atoms with E-state index in [4.69, 9.17) is 11.6 Å². The van der Waals surface area contributed by atoms with Gasteiger partial charge in [0, 0.05) is 37.3 Å². The molecule has 3 aromatic rings. The number of aromatic amines is 1. The molecule has 1 N–H and O–H groups in total. The second-order valence-electron chi connectivity index (χ2n) is 7.33. The number of benzene rings is 2. The number of carbonyl (C=O) groups is 1. The molecule has 0 aliphatic carbocycles. The second kappa shape index (κ2) is 8.70. The Bertz CT molecular complexity index is 947. The van der Waals surface area contributed by atoms with Crippen LogP contribution in [0.1, 0.15) is 24.8 Å². The van der Waals surface area contributed by atoms with Gasteiger partial charge in [-0.2, -0.15) is 5.10 Å². The Morgan fingerprint density at radius 1 is 1.07 bits per heavy atom. The highest BCUT2D eigenvalue weighted by atomic mass is 35.5. The summed E-state index contributed by atoms with van der Waals surface area (Å²) in [6, 6.07) is 19.8. The van der Waals surface area contributed by atoms with E-state index >= 15 is 0 Å². The summed E-state index contributed by atoms with van der Waals surface area (Å²) in [5.41, 5.74) is 3.11. The number of nitrogens with one attached hydrogen (secondary N) is 1. The van der Waals surface area contributed by atoms with Gasteiger partial charge in [-0.15, -0.1) is 0 Å². The molecule has 2 aromatic carbocycles. The Morgan fingerprint density at radius 3 is 2.41 bits per heavy atom. The molecule has 1 saturated heterocycles. The van der Waals surface area contributed by atoms with Crippen LogP contribution in [0.4, 0.5) is 5.82 Å². The van der Waals surface area contributed by atoms with E-state index in [1.807, 2.05) is 59.5 Å². The maximum atomic E-state index is 13.1. The Kier molecular flexibility index (Phi) is 5.86. The van der Waals surface area contributed by atoms with Gasteiger partial charge in [0.1, 0.15) is 0 Å². The third-order valence-corrected chi connectivity index (χ3v) is 5.80. The molecule has 1 aliphatic heterocycles. The highest BCUT2D eigenvalue weighted by Crippen LogP contribution is 2.26. The fraction of sp³-hybridized carbons (Fsp3) is 0.304. The zero-order chi connectivity index (χ0) is 20.2. The van der Waals surface area contributed by atoms with E-state index in [0.717, 1.165) is 47.2 Å². The van der Waals surface area contributed by atoms with Gasteiger partial charge in [-0.1, -0.05) is 61.0 Å². The van der Waals surface area contributed by atoms with Crippen LogP contribution in [0.25, 0.3) is 11.3 Å². The fourth-order valence-corrected chi connectivity index (χ4v) is 3.99. The minimum absolute atomic E-state index is 0.0651. The zero-order valence-electron chi connectivity index (χ0n) is 16.5. The number of carbonyl (C=O) groups excluding carboxylic acids is 1. The molecule has 0 saturated carbocycles. The topological polar surface area (TPSA) is 52.2 Å². The largest absolute Gasteiger partial charge is 0.352 e. The molecule has 4 rings (SSSR count). The quantitative estimate of drug-likeness (QED) is 0.672. The van der Waals surface area contributed by atoms with E-state index in [0.29, 0.717) is 13.1 Å². The molecular weight excluding hydrogens is 384 g/mol. The van der Waals surface area contributed by atoms with Crippen molar-refractivity contribution in [3.05, 3.63) is 71.2 Å². The summed E-state index contributed by atoms with van der Waals surface area (Å²) in [5.74, 6) is 1.07. The maximum Gasteiger partial charge on any atom is 0.230 e. The molecule has 2 heterocycles. The normalized spacial score (nSPS) is 15.4. The Morgan fingerprint density at radius 2 is 1.76 bits per heavy atom. The fourth-order valence-electron chi connectivity index (χ4n) is 3.87. The highest BCUT2D eigenvalue weighted by molar-refractivity contribution is 6.30. The number of piperazine rings is 1. The molecule has 1 aliphatic rings. The molecule has 6 heteroatoms. The van der Waals surface area contributed by atoms with Crippen LogP contribution in [0.15, 0.2) is 60.7 Å². The minimum Gasteiger partial charge on any atom is -0.352 e. The van der Waals surface area contributed by atoms with E-state index in [2.05, 4.69) is 28.1 Å². The Hall–Kier alpha value is -2.79. The Labute approximate surface area is 176 Å². The third kappa shape index (κ3) is 4.30. The lowest BCUT2D eigenvalue weighted by molar-refractivity contribution is -0.133. The molecule has 1 fully saturated rings. The Balaban J connectivity index is 1.39. The maximum absolute atomic E-state index is 13.1. The number of rotatable bonds is 5. The van der Waals surface area contributed by atoms with Gasteiger partial charge in [0.05, 0.1) is 11.6 Å². The van der Waals surface area contributed by atoms with Crippen molar-refractivity contribution >= 4 is 23.3 Å². The van der Waals surface area contributed by atoms with E-state index in [1.54, 1.807) is 0 Å². The molecular formula is C23H25ClN4O. The first kappa shape index (κ1) is 19.5. The van der Waals surface area contributed by atoms with Crippen LogP contribution in [-0.4, -0.2) is 47.2 Å². The number of nitrogens with zero attached hydrogens (tertiary/aromatic N) is 3. The summed E-state index contributed by atoms with van der Waals surface area (Å²) < 4.78 is 0. The van der Waals surface area contributed by atoms with E-state index in [-0.39, 0.29) is 11.8 Å². The van der Waals surface area contributed by atoms with Crippen LogP contribution in [-0.2, 0) is 4.79 Å². The van der Waals surface area contributed by atoms with Crippen molar-refractivity contribution < 1.29 is 4.79 Å². The first-order chi connectivity index (χ1) is 14.2. The van der Waals surface area contributed by atoms with Crippen molar-refractivity contribution in [3.8, 4) is 11.3 Å². The molecule has 5 nitrogen and oxygen atoms in total. The first-order valence-electron chi connectivity index (χ1n) is 10.1. The van der Waals surface area contributed by atoms with Gasteiger partial charge in [-0.25, -0.2) is 0 Å². The van der Waals surface area contributed by atoms with Crippen LogP contribution in [0.5, 0.6) is 0 Å². The molecule has 0 unspecified atom stereocenters. The van der Waals surface area contributed by atoms with Crippen molar-refractivity contribution in [1.29, 1.82) is 0 Å². The number of hydrogen-bond acceptors (Lipinski definition) is 3. The van der Waals surface area contributed by atoms with Crippen LogP contribution in [0.2, 0.25) is 5.02 Å². The predicted octanol–water partition coefficient (Wildman–Crippen LogP) is 4.57. The van der Waals surface area contributed by atoms with E-state index in [9.17, 15) is 4.79 Å². The molecule has 0 spiro atoms. The number of halogens is 1. The van der Waals surface area contributed by atoms with Crippen LogP contribution in [0, 0.1) is 0 Å². The molecule has 1 amide bonds. The summed E-state index contributed by atoms with van der Waals surface area (Å²) in [5, 5.41) is 8.30. The smallest absolute Gasteiger partial charge is 0.230 e. The van der Waals surface area contributed by atoms with Gasteiger partial charge in [-0.05, 0) is 29.7 Å². The van der Waals surface area contributed by atoms with Crippen molar-refractivity contribution in [2.45, 2.75) is 19.3 Å². The van der Waals surface area contributed by atoms with Crippen molar-refractivity contribution in [2.75, 3.05) is 31.1 Å². The van der Waals surface area contributed by atoms with Gasteiger partial charge < -0.3 is 9.80 Å². The summed E-state index contributed by atoms with van der Waals surface area (Å²) in [7, 11) is 0. The predicted molar refractivity (Wildman–Crippen MR) is 117 cm³/mol. The van der Waals surface area contributed by atoms with Crippen LogP contribution >= 0.6 is 11.6 Å². The van der Waals surface area contributed by atoms with Gasteiger partial charge in [0.25, 0.3) is 0 Å².